The van der Waals surface area contributed by atoms with E-state index in [0.717, 1.165) is 5.56 Å². The third-order valence-corrected chi connectivity index (χ3v) is 2.87. The van der Waals surface area contributed by atoms with Crippen molar-refractivity contribution in [3.05, 3.63) is 69.6 Å². The number of benzene rings is 1. The van der Waals surface area contributed by atoms with Gasteiger partial charge in [0.15, 0.2) is 0 Å². The van der Waals surface area contributed by atoms with Crippen LogP contribution in [0.3, 0.4) is 0 Å². The first-order valence-electron chi connectivity index (χ1n) is 6.24. The number of rotatable bonds is 4. The van der Waals surface area contributed by atoms with Crippen molar-refractivity contribution in [1.82, 2.24) is 10.3 Å². The summed E-state index contributed by atoms with van der Waals surface area (Å²) in [5.74, 6) is -0.692. The van der Waals surface area contributed by atoms with Crippen LogP contribution in [0.2, 0.25) is 0 Å². The lowest BCUT2D eigenvalue weighted by Gasteiger charge is -2.06. The molecule has 1 aromatic heterocycles. The van der Waals surface area contributed by atoms with Crippen molar-refractivity contribution in [1.29, 1.82) is 0 Å². The topological polar surface area (TPSA) is 88.3 Å². The maximum absolute atomic E-state index is 11.8. The number of hydrogen-bond acceptors (Lipinski definition) is 4. The number of carbonyl (C=O) groups is 2. The molecule has 108 valence electrons. The van der Waals surface area contributed by atoms with Gasteiger partial charge in [-0.1, -0.05) is 12.1 Å². The maximum atomic E-state index is 11.8. The Morgan fingerprint density at radius 1 is 1.10 bits per heavy atom. The predicted molar refractivity (Wildman–Crippen MR) is 76.0 cm³/mol. The summed E-state index contributed by atoms with van der Waals surface area (Å²) in [4.78, 5) is 36.5. The molecule has 0 aliphatic rings. The van der Waals surface area contributed by atoms with Crippen LogP contribution in [-0.4, -0.2) is 24.0 Å². The summed E-state index contributed by atoms with van der Waals surface area (Å²) in [6.45, 7) is 0.319. The number of aromatic amines is 1. The molecule has 0 bridgehead atoms. The van der Waals surface area contributed by atoms with E-state index < -0.39 is 5.97 Å². The van der Waals surface area contributed by atoms with Crippen molar-refractivity contribution in [2.75, 3.05) is 7.11 Å². The molecule has 6 nitrogen and oxygen atoms in total. The van der Waals surface area contributed by atoms with Crippen molar-refractivity contribution in [3.8, 4) is 0 Å². The average Bonchev–Trinajstić information content (AvgIpc) is 2.53. The minimum absolute atomic E-state index is 0.259. The van der Waals surface area contributed by atoms with Crippen LogP contribution in [0.5, 0.6) is 0 Å². The van der Waals surface area contributed by atoms with Gasteiger partial charge in [-0.2, -0.15) is 0 Å². The third-order valence-electron chi connectivity index (χ3n) is 2.87. The van der Waals surface area contributed by atoms with E-state index in [0.29, 0.717) is 17.7 Å². The zero-order valence-electron chi connectivity index (χ0n) is 11.4. The van der Waals surface area contributed by atoms with Crippen LogP contribution in [0.25, 0.3) is 0 Å². The zero-order chi connectivity index (χ0) is 15.2. The average molecular weight is 286 g/mol. The minimum Gasteiger partial charge on any atom is -0.465 e. The molecular weight excluding hydrogens is 272 g/mol. The highest BCUT2D eigenvalue weighted by atomic mass is 16.5. The molecule has 0 spiro atoms. The standard InChI is InChI=1S/C15H14N2O4/c1-21-15(20)11-4-2-10(3-5-11)8-17-14(19)12-6-7-13(18)16-9-12/h2-7,9H,8H2,1H3,(H,16,18)(H,17,19). The molecular formula is C15H14N2O4. The molecule has 1 heterocycles. The van der Waals surface area contributed by atoms with Crippen LogP contribution in [-0.2, 0) is 11.3 Å². The molecule has 2 N–H and O–H groups in total. The number of carbonyl (C=O) groups excluding carboxylic acids is 2. The summed E-state index contributed by atoms with van der Waals surface area (Å²) in [7, 11) is 1.32. The number of methoxy groups -OCH3 is 1. The fourth-order valence-corrected chi connectivity index (χ4v) is 1.71. The minimum atomic E-state index is -0.404. The highest BCUT2D eigenvalue weighted by Crippen LogP contribution is 2.06. The van der Waals surface area contributed by atoms with Crippen LogP contribution in [0.4, 0.5) is 0 Å². The molecule has 2 rings (SSSR count). The SMILES string of the molecule is COC(=O)c1ccc(CNC(=O)c2ccc(=O)[nH]c2)cc1. The van der Waals surface area contributed by atoms with Gasteiger partial charge in [-0.25, -0.2) is 4.79 Å². The lowest BCUT2D eigenvalue weighted by Crippen LogP contribution is -2.23. The summed E-state index contributed by atoms with van der Waals surface area (Å²) >= 11 is 0. The molecule has 0 radical (unpaired) electrons. The first-order valence-corrected chi connectivity index (χ1v) is 6.24. The number of amides is 1. The van der Waals surface area contributed by atoms with E-state index in [9.17, 15) is 14.4 Å². The number of esters is 1. The quantitative estimate of drug-likeness (QED) is 0.824. The molecule has 0 saturated heterocycles. The van der Waals surface area contributed by atoms with Gasteiger partial charge in [0.25, 0.3) is 5.91 Å². The van der Waals surface area contributed by atoms with Gasteiger partial charge in [0.2, 0.25) is 5.56 Å². The van der Waals surface area contributed by atoms with E-state index in [-0.39, 0.29) is 11.5 Å². The van der Waals surface area contributed by atoms with Gasteiger partial charge in [-0.15, -0.1) is 0 Å². The summed E-state index contributed by atoms with van der Waals surface area (Å²) in [5, 5.41) is 2.72. The molecule has 6 heteroatoms. The monoisotopic (exact) mass is 286 g/mol. The highest BCUT2D eigenvalue weighted by Gasteiger charge is 2.07. The Bertz CT molecular complexity index is 684. The predicted octanol–water partition coefficient (Wildman–Crippen LogP) is 1.09. The van der Waals surface area contributed by atoms with E-state index in [4.69, 9.17) is 0 Å². The van der Waals surface area contributed by atoms with Crippen LogP contribution >= 0.6 is 0 Å². The van der Waals surface area contributed by atoms with E-state index in [2.05, 4.69) is 15.0 Å². The van der Waals surface area contributed by atoms with E-state index >= 15 is 0 Å². The fourth-order valence-electron chi connectivity index (χ4n) is 1.71. The normalized spacial score (nSPS) is 9.95. The Kier molecular flexibility index (Phi) is 4.50. The number of pyridine rings is 1. The van der Waals surface area contributed by atoms with Crippen molar-refractivity contribution in [2.24, 2.45) is 0 Å². The Hall–Kier alpha value is -2.89. The van der Waals surface area contributed by atoms with Crippen LogP contribution in [0.15, 0.2) is 47.4 Å². The zero-order valence-corrected chi connectivity index (χ0v) is 11.4. The highest BCUT2D eigenvalue weighted by molar-refractivity contribution is 5.93. The van der Waals surface area contributed by atoms with Gasteiger partial charge in [0.05, 0.1) is 18.2 Å². The molecule has 0 unspecified atom stereocenters. The summed E-state index contributed by atoms with van der Waals surface area (Å²) in [6, 6.07) is 9.48. The van der Waals surface area contributed by atoms with Gasteiger partial charge in [-0.3, -0.25) is 9.59 Å². The summed E-state index contributed by atoms with van der Waals surface area (Å²) in [6.07, 6.45) is 1.36. The van der Waals surface area contributed by atoms with Crippen LogP contribution in [0.1, 0.15) is 26.3 Å². The summed E-state index contributed by atoms with van der Waals surface area (Å²) in [5.41, 5.74) is 1.42. The van der Waals surface area contributed by atoms with Gasteiger partial charge in [-0.05, 0) is 23.8 Å². The van der Waals surface area contributed by atoms with E-state index in [1.54, 1.807) is 24.3 Å². The molecule has 0 fully saturated rings. The Labute approximate surface area is 120 Å². The number of hydrogen-bond donors (Lipinski definition) is 2. The lowest BCUT2D eigenvalue weighted by molar-refractivity contribution is 0.0600. The van der Waals surface area contributed by atoms with Crippen LogP contribution < -0.4 is 10.9 Å². The lowest BCUT2D eigenvalue weighted by atomic mass is 10.1. The van der Waals surface area contributed by atoms with Gasteiger partial charge >= 0.3 is 5.97 Å². The fraction of sp³-hybridized carbons (Fsp3) is 0.133. The van der Waals surface area contributed by atoms with Gasteiger partial charge < -0.3 is 15.0 Å². The first kappa shape index (κ1) is 14.5. The molecule has 0 aliphatic heterocycles. The Balaban J connectivity index is 1.96. The molecule has 0 aliphatic carbocycles. The maximum Gasteiger partial charge on any atom is 0.337 e. The van der Waals surface area contributed by atoms with E-state index in [1.165, 1.54) is 25.4 Å². The largest absolute Gasteiger partial charge is 0.465 e. The van der Waals surface area contributed by atoms with Crippen molar-refractivity contribution >= 4 is 11.9 Å². The van der Waals surface area contributed by atoms with Crippen molar-refractivity contribution in [2.45, 2.75) is 6.54 Å². The number of aromatic nitrogens is 1. The van der Waals surface area contributed by atoms with Crippen molar-refractivity contribution in [3.63, 3.8) is 0 Å². The van der Waals surface area contributed by atoms with Gasteiger partial charge in [0, 0.05) is 18.8 Å². The first-order chi connectivity index (χ1) is 10.1. The Morgan fingerprint density at radius 2 is 1.76 bits per heavy atom. The molecule has 1 amide bonds. The van der Waals surface area contributed by atoms with Crippen LogP contribution in [0, 0.1) is 0 Å². The second-order valence-electron chi connectivity index (χ2n) is 4.31. The molecule has 0 saturated carbocycles. The third kappa shape index (κ3) is 3.79. The van der Waals surface area contributed by atoms with Crippen molar-refractivity contribution < 1.29 is 14.3 Å². The summed E-state index contributed by atoms with van der Waals surface area (Å²) < 4.78 is 4.60. The van der Waals surface area contributed by atoms with E-state index in [1.807, 2.05) is 0 Å². The smallest absolute Gasteiger partial charge is 0.337 e. The second-order valence-corrected chi connectivity index (χ2v) is 4.31. The number of ether oxygens (including phenoxy) is 1. The molecule has 21 heavy (non-hydrogen) atoms. The molecule has 1 aromatic carbocycles. The molecule has 2 aromatic rings. The second kappa shape index (κ2) is 6.51. The van der Waals surface area contributed by atoms with Gasteiger partial charge in [0.1, 0.15) is 0 Å². The number of H-pyrrole nitrogens is 1. The molecule has 0 atom stereocenters. The Morgan fingerprint density at radius 3 is 2.33 bits per heavy atom. The number of nitrogens with one attached hydrogen (secondary N) is 2.